The first kappa shape index (κ1) is 25.6. The minimum atomic E-state index is -0.466. The second-order valence-electron chi connectivity index (χ2n) is 9.55. The van der Waals surface area contributed by atoms with Gasteiger partial charge < -0.3 is 20.1 Å². The highest BCUT2D eigenvalue weighted by atomic mass is 16.6. The van der Waals surface area contributed by atoms with Crippen LogP contribution < -0.4 is 19.9 Å². The molecule has 1 fully saturated rings. The number of amides is 1. The number of rotatable bonds is 9. The highest BCUT2D eigenvalue weighted by Gasteiger charge is 2.37. The molecule has 191 valence electrons. The van der Waals surface area contributed by atoms with E-state index < -0.39 is 6.09 Å². The monoisotopic (exact) mass is 492 g/mol. The summed E-state index contributed by atoms with van der Waals surface area (Å²) in [6.45, 7) is 0.630. The Hall–Kier alpha value is -3.46. The molecule has 0 atom stereocenters. The largest absolute Gasteiger partial charge is 0.528 e. The zero-order valence-corrected chi connectivity index (χ0v) is 21.4. The van der Waals surface area contributed by atoms with Crippen molar-refractivity contribution in [3.8, 4) is 5.75 Å². The molecule has 1 heterocycles. The normalized spacial score (nSPS) is 16.2. The van der Waals surface area contributed by atoms with Crippen molar-refractivity contribution in [3.05, 3.63) is 60.2 Å². The summed E-state index contributed by atoms with van der Waals surface area (Å²) in [5.74, 6) is 2.58. The van der Waals surface area contributed by atoms with E-state index in [9.17, 15) is 4.79 Å². The number of nitrogens with one attached hydrogen (secondary N) is 2. The minimum Gasteiger partial charge on any atom is -0.497 e. The Balaban J connectivity index is 1.50. The van der Waals surface area contributed by atoms with Gasteiger partial charge in [-0.3, -0.25) is 0 Å². The van der Waals surface area contributed by atoms with E-state index in [0.29, 0.717) is 36.2 Å². The van der Waals surface area contributed by atoms with E-state index >= 15 is 0 Å². The topological polar surface area (TPSA) is 98.3 Å². The third-order valence-electron chi connectivity index (χ3n) is 6.43. The molecule has 2 aliphatic rings. The number of ether oxygens (including phenoxy) is 2. The van der Waals surface area contributed by atoms with Crippen LogP contribution in [0, 0.1) is 6.42 Å². The van der Waals surface area contributed by atoms with Gasteiger partial charge in [-0.05, 0) is 62.0 Å². The minimum absolute atomic E-state index is 0.274. The molecule has 2 aliphatic carbocycles. The lowest BCUT2D eigenvalue weighted by Crippen LogP contribution is -2.48. The van der Waals surface area contributed by atoms with E-state index in [1.54, 1.807) is 27.3 Å². The Morgan fingerprint density at radius 3 is 2.50 bits per heavy atom. The molecular formula is C27H36N6O3+. The number of methoxy groups -OCH3 is 1. The van der Waals surface area contributed by atoms with Gasteiger partial charge in [0, 0.05) is 12.6 Å². The second kappa shape index (κ2) is 12.0. The van der Waals surface area contributed by atoms with Crippen LogP contribution in [0.2, 0.25) is 0 Å². The van der Waals surface area contributed by atoms with E-state index in [0.717, 1.165) is 31.4 Å². The van der Waals surface area contributed by atoms with Gasteiger partial charge in [-0.1, -0.05) is 37.5 Å². The van der Waals surface area contributed by atoms with Crippen LogP contribution in [-0.4, -0.2) is 54.8 Å². The predicted molar refractivity (Wildman–Crippen MR) is 142 cm³/mol. The maximum absolute atomic E-state index is 13.1. The Kier molecular flexibility index (Phi) is 8.53. The Morgan fingerprint density at radius 1 is 1.06 bits per heavy atom. The molecule has 2 aromatic rings. The average molecular weight is 493 g/mol. The quantitative estimate of drug-likeness (QED) is 0.470. The molecule has 0 aliphatic heterocycles. The fourth-order valence-electron chi connectivity index (χ4n) is 4.16. The smallest absolute Gasteiger partial charge is 0.497 e. The van der Waals surface area contributed by atoms with Crippen molar-refractivity contribution in [2.45, 2.75) is 51.0 Å². The van der Waals surface area contributed by atoms with Crippen LogP contribution in [0.1, 0.15) is 44.1 Å². The molecule has 0 saturated heterocycles. The van der Waals surface area contributed by atoms with Crippen LogP contribution in [0.4, 0.5) is 22.6 Å². The second-order valence-corrected chi connectivity index (χ2v) is 9.55. The number of allylic oxidation sites excluding steroid dienone is 3. The van der Waals surface area contributed by atoms with Crippen molar-refractivity contribution in [1.82, 2.24) is 19.4 Å². The predicted octanol–water partition coefficient (Wildman–Crippen LogP) is 5.03. The number of hydrogen-bond donors (Lipinski definition) is 2. The van der Waals surface area contributed by atoms with Crippen LogP contribution in [0.3, 0.4) is 0 Å². The number of benzene rings is 1. The van der Waals surface area contributed by atoms with Crippen molar-refractivity contribution in [2.24, 2.45) is 0 Å². The molecule has 4 rings (SSSR count). The Labute approximate surface area is 213 Å². The fraction of sp³-hybridized carbons (Fsp3) is 0.444. The maximum Gasteiger partial charge on any atom is 0.528 e. The summed E-state index contributed by atoms with van der Waals surface area (Å²) in [5, 5.41) is 6.78. The number of quaternary nitrogens is 1. The van der Waals surface area contributed by atoms with Gasteiger partial charge in [0.1, 0.15) is 11.5 Å². The summed E-state index contributed by atoms with van der Waals surface area (Å²) in [4.78, 5) is 27.0. The number of hydrogen-bond acceptors (Lipinski definition) is 8. The van der Waals surface area contributed by atoms with Crippen LogP contribution in [0.15, 0.2) is 48.3 Å². The van der Waals surface area contributed by atoms with Gasteiger partial charge >= 0.3 is 12.0 Å². The van der Waals surface area contributed by atoms with E-state index in [1.165, 1.54) is 24.8 Å². The number of anilines is 2. The molecule has 0 unspecified atom stereocenters. The van der Waals surface area contributed by atoms with Gasteiger partial charge in [0.2, 0.25) is 11.9 Å². The van der Waals surface area contributed by atoms with Gasteiger partial charge in [0.25, 0.3) is 0 Å². The third kappa shape index (κ3) is 6.81. The Morgan fingerprint density at radius 2 is 1.81 bits per heavy atom. The van der Waals surface area contributed by atoms with Crippen LogP contribution in [0.5, 0.6) is 5.75 Å². The average Bonchev–Trinajstić information content (AvgIpc) is 2.90. The zero-order valence-electron chi connectivity index (χ0n) is 21.4. The molecule has 36 heavy (non-hydrogen) atoms. The molecule has 9 nitrogen and oxygen atoms in total. The van der Waals surface area contributed by atoms with Crippen LogP contribution >= 0.6 is 0 Å². The molecule has 1 aromatic heterocycles. The molecule has 0 spiro atoms. The standard InChI is InChI=1S/C27H36N6O3/c1-33(2,27(34)36-23-12-8-5-9-13-23)26-31-24(28-19-18-20-14-16-22(35-3)17-15-20)30-25(32-26)29-21-10-6-4-7-11-21/h5,8,12-17,21H,4,6-7,9-11,18-19H2,1-3H3,(H2,28,29,30,31,32)/q+1. The van der Waals surface area contributed by atoms with Gasteiger partial charge in [-0.2, -0.15) is 14.3 Å². The van der Waals surface area contributed by atoms with Crippen molar-refractivity contribution < 1.29 is 14.3 Å². The first-order valence-corrected chi connectivity index (χ1v) is 12.6. The lowest BCUT2D eigenvalue weighted by molar-refractivity contribution is 0.148. The van der Waals surface area contributed by atoms with Crippen molar-refractivity contribution >= 4 is 23.9 Å². The van der Waals surface area contributed by atoms with Gasteiger partial charge in [-0.15, -0.1) is 9.97 Å². The lowest BCUT2D eigenvalue weighted by Gasteiger charge is -2.25. The molecule has 0 bridgehead atoms. The molecule has 1 radical (unpaired) electrons. The summed E-state index contributed by atoms with van der Waals surface area (Å²) >= 11 is 0. The van der Waals surface area contributed by atoms with Gasteiger partial charge in [-0.25, -0.2) is 0 Å². The molecule has 2 N–H and O–H groups in total. The molecular weight excluding hydrogens is 456 g/mol. The number of carbonyl (C=O) groups excluding carboxylic acids is 1. The van der Waals surface area contributed by atoms with E-state index in [4.69, 9.17) is 9.47 Å². The first-order valence-electron chi connectivity index (χ1n) is 12.6. The fourth-order valence-corrected chi connectivity index (χ4v) is 4.16. The van der Waals surface area contributed by atoms with Crippen LogP contribution in [0.25, 0.3) is 0 Å². The molecule has 9 heteroatoms. The number of nitrogens with zero attached hydrogens (tertiary/aromatic N) is 4. The maximum atomic E-state index is 13.1. The van der Waals surface area contributed by atoms with Crippen molar-refractivity contribution in [1.29, 1.82) is 0 Å². The highest BCUT2D eigenvalue weighted by molar-refractivity contribution is 5.80. The van der Waals surface area contributed by atoms with Gasteiger partial charge in [0.05, 0.1) is 21.2 Å². The number of carbonyl (C=O) groups is 1. The number of aromatic nitrogens is 3. The van der Waals surface area contributed by atoms with Crippen molar-refractivity contribution in [3.63, 3.8) is 0 Å². The third-order valence-corrected chi connectivity index (χ3v) is 6.43. The summed E-state index contributed by atoms with van der Waals surface area (Å²) in [5.41, 5.74) is 1.17. The van der Waals surface area contributed by atoms with E-state index in [1.807, 2.05) is 42.8 Å². The summed E-state index contributed by atoms with van der Waals surface area (Å²) in [7, 11) is 5.11. The SMILES string of the molecule is COc1ccc(CCNc2nc(NC3CCCCC3)nc([N+](C)(C)C(=O)OC3=CC[CH]C=C3)n2)cc1. The van der Waals surface area contributed by atoms with Gasteiger partial charge in [0.15, 0.2) is 0 Å². The lowest BCUT2D eigenvalue weighted by atomic mass is 9.96. The summed E-state index contributed by atoms with van der Waals surface area (Å²) in [6, 6.07) is 8.29. The summed E-state index contributed by atoms with van der Waals surface area (Å²) in [6.07, 6.45) is 14.4. The van der Waals surface area contributed by atoms with E-state index in [2.05, 4.69) is 25.6 Å². The van der Waals surface area contributed by atoms with E-state index in [-0.39, 0.29) is 4.48 Å². The molecule has 1 amide bonds. The molecule has 1 aromatic carbocycles. The molecule has 1 saturated carbocycles. The van der Waals surface area contributed by atoms with Crippen LogP contribution in [-0.2, 0) is 11.2 Å². The zero-order chi connectivity index (χ0) is 25.4. The van der Waals surface area contributed by atoms with Crippen molar-refractivity contribution in [2.75, 3.05) is 38.4 Å². The summed E-state index contributed by atoms with van der Waals surface area (Å²) < 4.78 is 10.6. The Bertz CT molecular complexity index is 1090. The highest BCUT2D eigenvalue weighted by Crippen LogP contribution is 2.24. The first-order chi connectivity index (χ1) is 17.4.